The zero-order chi connectivity index (χ0) is 6.73. The molecule has 0 aromatic rings. The molecule has 0 unspecified atom stereocenters. The highest BCUT2D eigenvalue weighted by Gasteiger charge is 2.00. The van der Waals surface area contributed by atoms with Crippen LogP contribution >= 0.6 is 0 Å². The van der Waals surface area contributed by atoms with Crippen molar-refractivity contribution in [2.75, 3.05) is 0 Å². The van der Waals surface area contributed by atoms with Crippen LogP contribution in [0.5, 0.6) is 0 Å². The molecule has 0 bridgehead atoms. The molecule has 0 saturated heterocycles. The summed E-state index contributed by atoms with van der Waals surface area (Å²) in [5, 5.41) is 7.92. The van der Waals surface area contributed by atoms with E-state index in [1.54, 1.807) is 0 Å². The van der Waals surface area contributed by atoms with E-state index in [1.165, 1.54) is 0 Å². The second-order valence-electron chi connectivity index (χ2n) is 1.10. The predicted molar refractivity (Wildman–Crippen MR) is 27.2 cm³/mol. The molecule has 0 aliphatic rings. The lowest BCUT2D eigenvalue weighted by atomic mass is 10.5. The van der Waals surface area contributed by atoms with Crippen LogP contribution in [0, 0.1) is 0 Å². The Labute approximate surface area is 47.3 Å². The van der Waals surface area contributed by atoms with Gasteiger partial charge in [0.15, 0.2) is 4.86 Å². The number of rotatable bonds is 1. The molecule has 1 N–H and O–H groups in total. The van der Waals surface area contributed by atoms with E-state index in [4.69, 9.17) is 5.11 Å². The first kappa shape index (κ1) is 7.16. The summed E-state index contributed by atoms with van der Waals surface area (Å²) < 4.78 is 19.4. The van der Waals surface area contributed by atoms with E-state index in [9.17, 15) is 13.2 Å². The van der Waals surface area contributed by atoms with Gasteiger partial charge in [0, 0.05) is 0 Å². The molecule has 0 spiro atoms. The first-order valence-corrected chi connectivity index (χ1v) is 2.79. The summed E-state index contributed by atoms with van der Waals surface area (Å²) in [5.74, 6) is -1.40. The van der Waals surface area contributed by atoms with Gasteiger partial charge in [-0.15, -0.1) is 0 Å². The SMILES string of the molecule is CC(C(=O)O)=S(=O)=O. The lowest BCUT2D eigenvalue weighted by molar-refractivity contribution is -0.129. The topological polar surface area (TPSA) is 71.4 Å². The summed E-state index contributed by atoms with van der Waals surface area (Å²) in [6.07, 6.45) is 0. The third-order valence-corrected chi connectivity index (χ3v) is 1.23. The Kier molecular flexibility index (Phi) is 2.20. The summed E-state index contributed by atoms with van der Waals surface area (Å²) in [6, 6.07) is 0. The van der Waals surface area contributed by atoms with Gasteiger partial charge in [0.05, 0.1) is 0 Å². The summed E-state index contributed by atoms with van der Waals surface area (Å²) in [5.41, 5.74) is 0. The Morgan fingerprint density at radius 1 is 1.50 bits per heavy atom. The van der Waals surface area contributed by atoms with Crippen molar-refractivity contribution >= 4 is 21.1 Å². The Morgan fingerprint density at radius 3 is 1.88 bits per heavy atom. The molecule has 4 nitrogen and oxygen atoms in total. The van der Waals surface area contributed by atoms with Gasteiger partial charge in [-0.3, -0.25) is 0 Å². The minimum atomic E-state index is -2.57. The molecule has 0 rings (SSSR count). The molecule has 0 heterocycles. The third-order valence-electron chi connectivity index (χ3n) is 0.551. The standard InChI is InChI=1S/C3H4O4S/c1-2(3(4)5)8(6)7/h1H3,(H,4,5). The van der Waals surface area contributed by atoms with Crippen LogP contribution in [0.15, 0.2) is 0 Å². The minimum Gasteiger partial charge on any atom is -0.477 e. The van der Waals surface area contributed by atoms with Crippen LogP contribution in [0.1, 0.15) is 6.92 Å². The molecular formula is C3H4O4S. The second-order valence-corrected chi connectivity index (χ2v) is 2.18. The lowest BCUT2D eigenvalue weighted by Gasteiger charge is -1.77. The maximum absolute atomic E-state index is 9.72. The quantitative estimate of drug-likeness (QED) is 0.476. The zero-order valence-corrected chi connectivity index (χ0v) is 4.90. The van der Waals surface area contributed by atoms with Crippen LogP contribution in [0.2, 0.25) is 0 Å². The fraction of sp³-hybridized carbons (Fsp3) is 0.333. The number of hydrogen-bond acceptors (Lipinski definition) is 3. The van der Waals surface area contributed by atoms with Crippen LogP contribution < -0.4 is 0 Å². The molecule has 0 saturated carbocycles. The van der Waals surface area contributed by atoms with Gasteiger partial charge in [0.1, 0.15) is 0 Å². The van der Waals surface area contributed by atoms with Crippen LogP contribution in [0.3, 0.4) is 0 Å². The van der Waals surface area contributed by atoms with Gasteiger partial charge in [0.25, 0.3) is 0 Å². The molecule has 0 atom stereocenters. The highest BCUT2D eigenvalue weighted by atomic mass is 32.2. The smallest absolute Gasteiger partial charge is 0.346 e. The van der Waals surface area contributed by atoms with Crippen molar-refractivity contribution < 1.29 is 18.3 Å². The highest BCUT2D eigenvalue weighted by Crippen LogP contribution is 1.67. The van der Waals surface area contributed by atoms with Gasteiger partial charge < -0.3 is 5.11 Å². The Balaban J connectivity index is 4.78. The first-order valence-electron chi connectivity index (χ1n) is 1.72. The number of aliphatic carboxylic acids is 1. The summed E-state index contributed by atoms with van der Waals surface area (Å²) in [7, 11) is -2.57. The Hall–Kier alpha value is -0.840. The highest BCUT2D eigenvalue weighted by molar-refractivity contribution is 7.74. The maximum Gasteiger partial charge on any atom is 0.346 e. The average Bonchev–Trinajstić information content (AvgIpc) is 1.64. The van der Waals surface area contributed by atoms with Crippen molar-refractivity contribution in [3.05, 3.63) is 0 Å². The molecule has 0 aliphatic carbocycles. The molecule has 5 heteroatoms. The van der Waals surface area contributed by atoms with Crippen molar-refractivity contribution in [2.24, 2.45) is 0 Å². The van der Waals surface area contributed by atoms with E-state index in [-0.39, 0.29) is 0 Å². The third kappa shape index (κ3) is 1.74. The number of carbonyl (C=O) groups is 1. The van der Waals surface area contributed by atoms with Crippen molar-refractivity contribution in [3.63, 3.8) is 0 Å². The van der Waals surface area contributed by atoms with E-state index in [0.29, 0.717) is 0 Å². The van der Waals surface area contributed by atoms with Crippen LogP contribution in [0.25, 0.3) is 0 Å². The number of hydrogen-bond donors (Lipinski definition) is 1. The van der Waals surface area contributed by atoms with Gasteiger partial charge in [-0.05, 0) is 6.92 Å². The zero-order valence-electron chi connectivity index (χ0n) is 4.08. The second kappa shape index (κ2) is 2.46. The van der Waals surface area contributed by atoms with Crippen molar-refractivity contribution in [1.29, 1.82) is 0 Å². The number of carboxylic acids is 1. The lowest BCUT2D eigenvalue weighted by Crippen LogP contribution is -2.08. The van der Waals surface area contributed by atoms with E-state index >= 15 is 0 Å². The summed E-state index contributed by atoms with van der Waals surface area (Å²) in [4.78, 5) is 9.15. The molecule has 0 radical (unpaired) electrons. The minimum absolute atomic E-state index is 0.565. The fourth-order valence-corrected chi connectivity index (χ4v) is 0.214. The van der Waals surface area contributed by atoms with Crippen LogP contribution in [-0.4, -0.2) is 24.4 Å². The monoisotopic (exact) mass is 136 g/mol. The first-order chi connectivity index (χ1) is 3.55. The molecule has 46 valence electrons. The molecule has 0 fully saturated rings. The Morgan fingerprint density at radius 2 is 1.88 bits per heavy atom. The normalized spacial score (nSPS) is 8.12. The maximum atomic E-state index is 9.72. The molecule has 0 aromatic carbocycles. The van der Waals surface area contributed by atoms with Gasteiger partial charge in [-0.2, -0.15) is 8.42 Å². The van der Waals surface area contributed by atoms with E-state index in [0.717, 1.165) is 6.92 Å². The largest absolute Gasteiger partial charge is 0.477 e. The van der Waals surface area contributed by atoms with Gasteiger partial charge in [0.2, 0.25) is 10.3 Å². The molecule has 0 amide bonds. The van der Waals surface area contributed by atoms with Crippen molar-refractivity contribution in [3.8, 4) is 0 Å². The number of carboxylic acid groups (broad SMARTS) is 1. The summed E-state index contributed by atoms with van der Waals surface area (Å²) >= 11 is 0. The van der Waals surface area contributed by atoms with Gasteiger partial charge in [-0.1, -0.05) is 0 Å². The average molecular weight is 136 g/mol. The van der Waals surface area contributed by atoms with Crippen LogP contribution in [0.4, 0.5) is 0 Å². The molecular weight excluding hydrogens is 132 g/mol. The molecule has 8 heavy (non-hydrogen) atoms. The van der Waals surface area contributed by atoms with Gasteiger partial charge >= 0.3 is 5.97 Å². The van der Waals surface area contributed by atoms with Crippen molar-refractivity contribution in [1.82, 2.24) is 0 Å². The van der Waals surface area contributed by atoms with E-state index < -0.39 is 21.1 Å². The predicted octanol–water partition coefficient (Wildman–Crippen LogP) is -0.858. The van der Waals surface area contributed by atoms with Crippen molar-refractivity contribution in [2.45, 2.75) is 6.92 Å². The van der Waals surface area contributed by atoms with E-state index in [2.05, 4.69) is 0 Å². The molecule has 0 aromatic heterocycles. The fourth-order valence-electron chi connectivity index (χ4n) is 0.0713. The van der Waals surface area contributed by atoms with Gasteiger partial charge in [-0.25, -0.2) is 4.79 Å². The summed E-state index contributed by atoms with van der Waals surface area (Å²) in [6.45, 7) is 1.02. The van der Waals surface area contributed by atoms with E-state index in [1.807, 2.05) is 0 Å². The molecule has 0 aliphatic heterocycles. The van der Waals surface area contributed by atoms with Crippen LogP contribution in [-0.2, 0) is 15.1 Å². The Bertz CT molecular complexity index is 214.